The van der Waals surface area contributed by atoms with E-state index in [1.54, 1.807) is 12.1 Å². The Balaban J connectivity index is 2.88. The standard InChI is InChI=1S/C11H15NO4S/c1-2-6-16-11-8-9(17-7-5-13)3-4-10(11)12(14)15/h3-4,8,13H,2,5-7H2,1H3. The molecule has 0 aliphatic heterocycles. The second-order valence-electron chi connectivity index (χ2n) is 3.31. The van der Waals surface area contributed by atoms with Crippen LogP contribution in [0.15, 0.2) is 23.1 Å². The van der Waals surface area contributed by atoms with Crippen LogP contribution in [-0.2, 0) is 0 Å². The predicted molar refractivity (Wildman–Crippen MR) is 66.7 cm³/mol. The predicted octanol–water partition coefficient (Wildman–Crippen LogP) is 2.47. The van der Waals surface area contributed by atoms with Gasteiger partial charge in [-0.1, -0.05) is 6.92 Å². The van der Waals surface area contributed by atoms with Crippen LogP contribution >= 0.6 is 11.8 Å². The SMILES string of the molecule is CCCOc1cc(SCCO)ccc1[N+](=O)[O-]. The van der Waals surface area contributed by atoms with Gasteiger partial charge in [-0.15, -0.1) is 11.8 Å². The second-order valence-corrected chi connectivity index (χ2v) is 4.48. The van der Waals surface area contributed by atoms with Gasteiger partial charge in [0.25, 0.3) is 0 Å². The molecule has 1 N–H and O–H groups in total. The van der Waals surface area contributed by atoms with Crippen LogP contribution in [0.1, 0.15) is 13.3 Å². The van der Waals surface area contributed by atoms with Crippen molar-refractivity contribution in [2.24, 2.45) is 0 Å². The molecule has 1 rings (SSSR count). The van der Waals surface area contributed by atoms with E-state index in [0.29, 0.717) is 18.1 Å². The molecule has 17 heavy (non-hydrogen) atoms. The van der Waals surface area contributed by atoms with Crippen LogP contribution in [0.2, 0.25) is 0 Å². The van der Waals surface area contributed by atoms with Gasteiger partial charge in [0.15, 0.2) is 5.75 Å². The molecule has 0 aliphatic rings. The first kappa shape index (κ1) is 13.8. The van der Waals surface area contributed by atoms with Crippen molar-refractivity contribution in [3.63, 3.8) is 0 Å². The summed E-state index contributed by atoms with van der Waals surface area (Å²) < 4.78 is 5.35. The van der Waals surface area contributed by atoms with Gasteiger partial charge in [-0.25, -0.2) is 0 Å². The Labute approximate surface area is 104 Å². The molecule has 0 aliphatic carbocycles. The number of hydrogen-bond acceptors (Lipinski definition) is 5. The average Bonchev–Trinajstić information content (AvgIpc) is 2.33. The van der Waals surface area contributed by atoms with E-state index >= 15 is 0 Å². The van der Waals surface area contributed by atoms with E-state index in [0.717, 1.165) is 11.3 Å². The van der Waals surface area contributed by atoms with Gasteiger partial charge in [0, 0.05) is 22.8 Å². The van der Waals surface area contributed by atoms with E-state index < -0.39 is 4.92 Å². The lowest BCUT2D eigenvalue weighted by Gasteiger charge is -2.07. The summed E-state index contributed by atoms with van der Waals surface area (Å²) in [5.74, 6) is 0.852. The quantitative estimate of drug-likeness (QED) is 0.461. The molecule has 6 heteroatoms. The molecule has 0 atom stereocenters. The Kier molecular flexibility index (Phi) is 5.79. The highest BCUT2D eigenvalue weighted by atomic mass is 32.2. The van der Waals surface area contributed by atoms with Crippen LogP contribution in [0, 0.1) is 10.1 Å². The topological polar surface area (TPSA) is 72.6 Å². The Morgan fingerprint density at radius 3 is 2.88 bits per heavy atom. The van der Waals surface area contributed by atoms with Crippen molar-refractivity contribution in [3.05, 3.63) is 28.3 Å². The summed E-state index contributed by atoms with van der Waals surface area (Å²) in [4.78, 5) is 11.2. The number of rotatable bonds is 7. The van der Waals surface area contributed by atoms with Crippen LogP contribution in [0.25, 0.3) is 0 Å². The zero-order chi connectivity index (χ0) is 12.7. The summed E-state index contributed by atoms with van der Waals surface area (Å²) in [7, 11) is 0. The minimum atomic E-state index is -0.453. The van der Waals surface area contributed by atoms with Gasteiger partial charge in [0.1, 0.15) is 0 Å². The first-order valence-electron chi connectivity index (χ1n) is 5.34. The highest BCUT2D eigenvalue weighted by Crippen LogP contribution is 2.32. The van der Waals surface area contributed by atoms with Crippen molar-refractivity contribution in [3.8, 4) is 5.75 Å². The molecule has 0 unspecified atom stereocenters. The molecule has 0 heterocycles. The van der Waals surface area contributed by atoms with Crippen LogP contribution in [0.3, 0.4) is 0 Å². The molecule has 0 saturated heterocycles. The number of aliphatic hydroxyl groups excluding tert-OH is 1. The number of hydrogen-bond donors (Lipinski definition) is 1. The summed E-state index contributed by atoms with van der Waals surface area (Å²) in [6.45, 7) is 2.47. The van der Waals surface area contributed by atoms with Crippen molar-refractivity contribution < 1.29 is 14.8 Å². The maximum Gasteiger partial charge on any atom is 0.310 e. The molecule has 5 nitrogen and oxygen atoms in total. The third kappa shape index (κ3) is 4.24. The molecule has 0 amide bonds. The average molecular weight is 257 g/mol. The van der Waals surface area contributed by atoms with E-state index in [9.17, 15) is 10.1 Å². The number of ether oxygens (including phenoxy) is 1. The number of nitro benzene ring substituents is 1. The Morgan fingerprint density at radius 2 is 2.29 bits per heavy atom. The zero-order valence-electron chi connectivity index (χ0n) is 9.59. The monoisotopic (exact) mass is 257 g/mol. The summed E-state index contributed by atoms with van der Waals surface area (Å²) in [5, 5.41) is 19.5. The fourth-order valence-corrected chi connectivity index (χ4v) is 1.91. The van der Waals surface area contributed by atoms with Crippen molar-refractivity contribution in [1.82, 2.24) is 0 Å². The number of nitrogens with zero attached hydrogens (tertiary/aromatic N) is 1. The molecule has 0 aromatic heterocycles. The first-order chi connectivity index (χ1) is 8.19. The number of thioether (sulfide) groups is 1. The largest absolute Gasteiger partial charge is 0.487 e. The van der Waals surface area contributed by atoms with Gasteiger partial charge in [-0.05, 0) is 12.5 Å². The first-order valence-corrected chi connectivity index (χ1v) is 6.32. The number of benzene rings is 1. The van der Waals surface area contributed by atoms with Gasteiger partial charge in [-0.2, -0.15) is 0 Å². The van der Waals surface area contributed by atoms with Gasteiger partial charge in [0.2, 0.25) is 0 Å². The lowest BCUT2D eigenvalue weighted by atomic mass is 10.3. The van der Waals surface area contributed by atoms with E-state index in [2.05, 4.69) is 0 Å². The second kappa shape index (κ2) is 7.13. The highest BCUT2D eigenvalue weighted by Gasteiger charge is 2.15. The van der Waals surface area contributed by atoms with Crippen LogP contribution in [-0.4, -0.2) is 29.0 Å². The third-order valence-electron chi connectivity index (χ3n) is 1.95. The Hall–Kier alpha value is -1.27. The fraction of sp³-hybridized carbons (Fsp3) is 0.455. The van der Waals surface area contributed by atoms with E-state index in [1.165, 1.54) is 17.8 Å². The van der Waals surface area contributed by atoms with E-state index in [1.807, 2.05) is 6.92 Å². The van der Waals surface area contributed by atoms with E-state index in [-0.39, 0.29) is 12.3 Å². The van der Waals surface area contributed by atoms with Crippen molar-refractivity contribution in [2.75, 3.05) is 19.0 Å². The maximum atomic E-state index is 10.8. The molecule has 0 spiro atoms. The zero-order valence-corrected chi connectivity index (χ0v) is 10.4. The number of aliphatic hydroxyl groups is 1. The van der Waals surface area contributed by atoms with Gasteiger partial charge in [-0.3, -0.25) is 10.1 Å². The molecule has 1 aromatic rings. The van der Waals surface area contributed by atoms with Crippen molar-refractivity contribution in [1.29, 1.82) is 0 Å². The molecule has 0 radical (unpaired) electrons. The smallest absolute Gasteiger partial charge is 0.310 e. The normalized spacial score (nSPS) is 10.2. The molecule has 1 aromatic carbocycles. The Morgan fingerprint density at radius 1 is 1.53 bits per heavy atom. The molecular weight excluding hydrogens is 242 g/mol. The lowest BCUT2D eigenvalue weighted by molar-refractivity contribution is -0.385. The molecule has 0 saturated carbocycles. The van der Waals surface area contributed by atoms with Gasteiger partial charge < -0.3 is 9.84 Å². The number of nitro groups is 1. The summed E-state index contributed by atoms with van der Waals surface area (Å²) >= 11 is 1.44. The van der Waals surface area contributed by atoms with Crippen LogP contribution in [0.5, 0.6) is 5.75 Å². The molecule has 94 valence electrons. The summed E-state index contributed by atoms with van der Waals surface area (Å²) in [6.07, 6.45) is 0.797. The maximum absolute atomic E-state index is 10.8. The molecule has 0 bridgehead atoms. The van der Waals surface area contributed by atoms with Gasteiger partial charge >= 0.3 is 5.69 Å². The fourth-order valence-electron chi connectivity index (χ4n) is 1.23. The van der Waals surface area contributed by atoms with Crippen LogP contribution in [0.4, 0.5) is 5.69 Å². The van der Waals surface area contributed by atoms with Gasteiger partial charge in [0.05, 0.1) is 18.1 Å². The Bertz CT molecular complexity index is 384. The summed E-state index contributed by atoms with van der Waals surface area (Å²) in [6, 6.07) is 4.75. The molecular formula is C11H15NO4S. The lowest BCUT2D eigenvalue weighted by Crippen LogP contribution is -1.99. The van der Waals surface area contributed by atoms with Crippen molar-refractivity contribution >= 4 is 17.4 Å². The highest BCUT2D eigenvalue weighted by molar-refractivity contribution is 7.99. The third-order valence-corrected chi connectivity index (χ3v) is 2.92. The van der Waals surface area contributed by atoms with E-state index in [4.69, 9.17) is 9.84 Å². The van der Waals surface area contributed by atoms with Crippen LogP contribution < -0.4 is 4.74 Å². The molecule has 0 fully saturated rings. The summed E-state index contributed by atoms with van der Waals surface area (Å²) in [5.41, 5.74) is -0.0215. The minimum absolute atomic E-state index is 0.0215. The minimum Gasteiger partial charge on any atom is -0.487 e. The van der Waals surface area contributed by atoms with Crippen molar-refractivity contribution in [2.45, 2.75) is 18.2 Å².